The highest BCUT2D eigenvalue weighted by Crippen LogP contribution is 2.33. The van der Waals surface area contributed by atoms with Crippen molar-refractivity contribution in [1.82, 2.24) is 10.2 Å². The Morgan fingerprint density at radius 1 is 1.06 bits per heavy atom. The first-order valence-electron chi connectivity index (χ1n) is 9.87. The van der Waals surface area contributed by atoms with E-state index in [-0.39, 0.29) is 23.9 Å². The molecule has 0 saturated carbocycles. The van der Waals surface area contributed by atoms with Crippen molar-refractivity contribution in [2.24, 2.45) is 0 Å². The number of sulfonamides is 1. The summed E-state index contributed by atoms with van der Waals surface area (Å²) in [6.45, 7) is 1.22. The molecule has 0 aromatic heterocycles. The summed E-state index contributed by atoms with van der Waals surface area (Å²) in [4.78, 5) is 27.0. The van der Waals surface area contributed by atoms with Gasteiger partial charge in [0.1, 0.15) is 24.1 Å². The number of carbonyl (C=O) groups excluding carboxylic acids is 2. The molecule has 10 heteroatoms. The number of amides is 2. The predicted molar refractivity (Wildman–Crippen MR) is 122 cm³/mol. The molecule has 0 aliphatic rings. The number of methoxy groups -OCH3 is 2. The summed E-state index contributed by atoms with van der Waals surface area (Å²) in [5, 5.41) is 2.53. The van der Waals surface area contributed by atoms with E-state index in [1.54, 1.807) is 19.1 Å². The quantitative estimate of drug-likeness (QED) is 0.574. The SMILES string of the molecule is CNC(=O)[C@@H](C)N(Cc1ccccc1)C(=O)CN(c1cc(OC)ccc1OC)S(C)(=O)=O. The van der Waals surface area contributed by atoms with Crippen LogP contribution in [0.3, 0.4) is 0 Å². The summed E-state index contributed by atoms with van der Waals surface area (Å²) in [6, 6.07) is 13.0. The molecule has 9 nitrogen and oxygen atoms in total. The van der Waals surface area contributed by atoms with Crippen LogP contribution in [0.2, 0.25) is 0 Å². The number of rotatable bonds is 10. The van der Waals surface area contributed by atoms with Crippen molar-refractivity contribution in [3.63, 3.8) is 0 Å². The van der Waals surface area contributed by atoms with Gasteiger partial charge in [0.25, 0.3) is 0 Å². The number of nitrogens with one attached hydrogen (secondary N) is 1. The van der Waals surface area contributed by atoms with E-state index < -0.39 is 28.5 Å². The molecular weight excluding hydrogens is 434 g/mol. The van der Waals surface area contributed by atoms with Crippen molar-refractivity contribution in [2.45, 2.75) is 19.5 Å². The van der Waals surface area contributed by atoms with E-state index >= 15 is 0 Å². The maximum Gasteiger partial charge on any atom is 0.244 e. The van der Waals surface area contributed by atoms with Crippen LogP contribution in [0.4, 0.5) is 5.69 Å². The van der Waals surface area contributed by atoms with E-state index in [0.717, 1.165) is 16.1 Å². The standard InChI is InChI=1S/C22H29N3O6S/c1-16(22(27)23-2)24(14-17-9-7-6-8-10-17)21(26)15-25(32(5,28)29)19-13-18(30-3)11-12-20(19)31-4/h6-13,16H,14-15H2,1-5H3,(H,23,27)/t16-/m1/s1. The van der Waals surface area contributed by atoms with Crippen molar-refractivity contribution in [3.05, 3.63) is 54.1 Å². The fourth-order valence-electron chi connectivity index (χ4n) is 3.16. The lowest BCUT2D eigenvalue weighted by Gasteiger charge is -2.31. The van der Waals surface area contributed by atoms with Gasteiger partial charge < -0.3 is 19.7 Å². The average Bonchev–Trinajstić information content (AvgIpc) is 2.79. The Morgan fingerprint density at radius 3 is 2.25 bits per heavy atom. The first-order chi connectivity index (χ1) is 15.1. The lowest BCUT2D eigenvalue weighted by Crippen LogP contribution is -2.50. The largest absolute Gasteiger partial charge is 0.497 e. The zero-order valence-electron chi connectivity index (χ0n) is 18.9. The molecule has 1 N–H and O–H groups in total. The molecule has 32 heavy (non-hydrogen) atoms. The Bertz CT molecular complexity index is 1040. The minimum absolute atomic E-state index is 0.140. The van der Waals surface area contributed by atoms with Crippen LogP contribution in [0, 0.1) is 0 Å². The predicted octanol–water partition coefficient (Wildman–Crippen LogP) is 1.63. The second-order valence-electron chi connectivity index (χ2n) is 7.10. The molecule has 0 spiro atoms. The van der Waals surface area contributed by atoms with Crippen molar-refractivity contribution in [2.75, 3.05) is 38.4 Å². The molecule has 0 fully saturated rings. The number of carbonyl (C=O) groups is 2. The summed E-state index contributed by atoms with van der Waals surface area (Å²) in [5.41, 5.74) is 0.969. The number of anilines is 1. The third-order valence-electron chi connectivity index (χ3n) is 4.94. The van der Waals surface area contributed by atoms with E-state index in [9.17, 15) is 18.0 Å². The monoisotopic (exact) mass is 463 g/mol. The summed E-state index contributed by atoms with van der Waals surface area (Å²) in [6.07, 6.45) is 1.00. The van der Waals surface area contributed by atoms with Crippen molar-refractivity contribution >= 4 is 27.5 Å². The van der Waals surface area contributed by atoms with Gasteiger partial charge in [-0.3, -0.25) is 13.9 Å². The van der Waals surface area contributed by atoms with Gasteiger partial charge in [-0.05, 0) is 24.6 Å². The molecule has 0 saturated heterocycles. The van der Waals surface area contributed by atoms with Gasteiger partial charge in [0.2, 0.25) is 21.8 Å². The molecule has 0 heterocycles. The van der Waals surface area contributed by atoms with Gasteiger partial charge in [-0.2, -0.15) is 0 Å². The Hall–Kier alpha value is -3.27. The zero-order valence-corrected chi connectivity index (χ0v) is 19.7. The van der Waals surface area contributed by atoms with E-state index in [0.29, 0.717) is 5.75 Å². The minimum Gasteiger partial charge on any atom is -0.497 e. The molecule has 2 amide bonds. The highest BCUT2D eigenvalue weighted by atomic mass is 32.2. The summed E-state index contributed by atoms with van der Waals surface area (Å²) in [5.74, 6) is -0.237. The van der Waals surface area contributed by atoms with Gasteiger partial charge >= 0.3 is 0 Å². The molecule has 0 unspecified atom stereocenters. The molecule has 0 aliphatic heterocycles. The molecule has 1 atom stereocenters. The normalized spacial score (nSPS) is 11.9. The Labute approximate surface area is 189 Å². The van der Waals surface area contributed by atoms with Crippen LogP contribution in [0.1, 0.15) is 12.5 Å². The number of nitrogens with zero attached hydrogens (tertiary/aromatic N) is 2. The van der Waals surface area contributed by atoms with Gasteiger partial charge in [-0.1, -0.05) is 30.3 Å². The van der Waals surface area contributed by atoms with E-state index in [1.807, 2.05) is 30.3 Å². The number of benzene rings is 2. The van der Waals surface area contributed by atoms with Gasteiger partial charge in [0.05, 0.1) is 26.2 Å². The first kappa shape index (κ1) is 25.0. The molecule has 2 rings (SSSR count). The van der Waals surface area contributed by atoms with Gasteiger partial charge in [0, 0.05) is 19.7 Å². The zero-order chi connectivity index (χ0) is 23.9. The number of ether oxygens (including phenoxy) is 2. The maximum absolute atomic E-state index is 13.4. The van der Waals surface area contributed by atoms with Crippen LogP contribution in [-0.2, 0) is 26.2 Å². The third kappa shape index (κ3) is 6.13. The fraction of sp³-hybridized carbons (Fsp3) is 0.364. The lowest BCUT2D eigenvalue weighted by molar-refractivity contribution is -0.139. The molecule has 174 valence electrons. The van der Waals surface area contributed by atoms with Crippen LogP contribution >= 0.6 is 0 Å². The van der Waals surface area contributed by atoms with Crippen molar-refractivity contribution < 1.29 is 27.5 Å². The lowest BCUT2D eigenvalue weighted by atomic mass is 10.1. The Balaban J connectivity index is 2.46. The Kier molecular flexibility index (Phi) is 8.48. The molecular formula is C22H29N3O6S. The van der Waals surface area contributed by atoms with Gasteiger partial charge in [0.15, 0.2) is 0 Å². The van der Waals surface area contributed by atoms with Crippen LogP contribution in [-0.4, -0.2) is 65.2 Å². The van der Waals surface area contributed by atoms with Crippen LogP contribution < -0.4 is 19.1 Å². The molecule has 0 bridgehead atoms. The smallest absolute Gasteiger partial charge is 0.244 e. The Morgan fingerprint density at radius 2 is 1.72 bits per heavy atom. The fourth-order valence-corrected chi connectivity index (χ4v) is 4.00. The average molecular weight is 464 g/mol. The third-order valence-corrected chi connectivity index (χ3v) is 6.07. The van der Waals surface area contributed by atoms with Crippen LogP contribution in [0.15, 0.2) is 48.5 Å². The second-order valence-corrected chi connectivity index (χ2v) is 9.01. The van der Waals surface area contributed by atoms with E-state index in [1.165, 1.54) is 32.2 Å². The maximum atomic E-state index is 13.4. The van der Waals surface area contributed by atoms with E-state index in [2.05, 4.69) is 5.32 Å². The molecule has 2 aromatic carbocycles. The van der Waals surface area contributed by atoms with E-state index in [4.69, 9.17) is 9.47 Å². The number of hydrogen-bond donors (Lipinski definition) is 1. The van der Waals surface area contributed by atoms with Crippen molar-refractivity contribution in [3.8, 4) is 11.5 Å². The first-order valence-corrected chi connectivity index (χ1v) is 11.7. The van der Waals surface area contributed by atoms with Crippen LogP contribution in [0.5, 0.6) is 11.5 Å². The summed E-state index contributed by atoms with van der Waals surface area (Å²) < 4.78 is 36.8. The van der Waals surface area contributed by atoms with Crippen molar-refractivity contribution in [1.29, 1.82) is 0 Å². The topological polar surface area (TPSA) is 105 Å². The number of hydrogen-bond acceptors (Lipinski definition) is 6. The minimum atomic E-state index is -3.88. The highest BCUT2D eigenvalue weighted by molar-refractivity contribution is 7.92. The highest BCUT2D eigenvalue weighted by Gasteiger charge is 2.31. The van der Waals surface area contributed by atoms with Gasteiger partial charge in [-0.25, -0.2) is 8.42 Å². The summed E-state index contributed by atoms with van der Waals surface area (Å²) >= 11 is 0. The summed E-state index contributed by atoms with van der Waals surface area (Å²) in [7, 11) is 0.460. The van der Waals surface area contributed by atoms with Gasteiger partial charge in [-0.15, -0.1) is 0 Å². The molecule has 0 aliphatic carbocycles. The van der Waals surface area contributed by atoms with Crippen LogP contribution in [0.25, 0.3) is 0 Å². The number of likely N-dealkylation sites (N-methyl/N-ethyl adjacent to an activating group) is 1. The molecule has 0 radical (unpaired) electrons. The molecule has 2 aromatic rings. The second kappa shape index (κ2) is 10.9.